The van der Waals surface area contributed by atoms with Crippen LogP contribution in [0.25, 0.3) is 5.57 Å². The maximum absolute atomic E-state index is 5.57. The Kier molecular flexibility index (Phi) is 7.19. The summed E-state index contributed by atoms with van der Waals surface area (Å²) in [5.74, 6) is 0.891. The quantitative estimate of drug-likeness (QED) is 0.606. The molecule has 1 aromatic carbocycles. The number of rotatable bonds is 9. The molecule has 0 radical (unpaired) electrons. The molecule has 2 heteroatoms. The zero-order chi connectivity index (χ0) is 13.2. The first-order valence-corrected chi connectivity index (χ1v) is 6.76. The number of allylic oxidation sites excluding steroid dienone is 1. The van der Waals surface area contributed by atoms with Gasteiger partial charge >= 0.3 is 0 Å². The fourth-order valence-electron chi connectivity index (χ4n) is 1.68. The standard InChI is InChI=1S/C16H24O2/c1-4-6-7-14(3)15-8-10-16(11-9-15)18-13-12-17-5-2/h8-11H,3-7,12-13H2,1-2H3. The van der Waals surface area contributed by atoms with E-state index < -0.39 is 0 Å². The predicted molar refractivity (Wildman–Crippen MR) is 77.0 cm³/mol. The predicted octanol–water partition coefficient (Wildman–Crippen LogP) is 4.31. The van der Waals surface area contributed by atoms with Crippen molar-refractivity contribution in [2.45, 2.75) is 33.1 Å². The molecule has 0 amide bonds. The number of hydrogen-bond donors (Lipinski definition) is 0. The lowest BCUT2D eigenvalue weighted by Crippen LogP contribution is -2.06. The van der Waals surface area contributed by atoms with Crippen LogP contribution in [0.15, 0.2) is 30.8 Å². The lowest BCUT2D eigenvalue weighted by atomic mass is 10.0. The second-order valence-corrected chi connectivity index (χ2v) is 4.28. The van der Waals surface area contributed by atoms with Crippen molar-refractivity contribution in [3.63, 3.8) is 0 Å². The summed E-state index contributed by atoms with van der Waals surface area (Å²) >= 11 is 0. The van der Waals surface area contributed by atoms with Crippen LogP contribution in [0, 0.1) is 0 Å². The largest absolute Gasteiger partial charge is 0.491 e. The molecule has 0 unspecified atom stereocenters. The summed E-state index contributed by atoms with van der Waals surface area (Å²) in [6.07, 6.45) is 3.48. The van der Waals surface area contributed by atoms with Gasteiger partial charge in [-0.2, -0.15) is 0 Å². The topological polar surface area (TPSA) is 18.5 Å². The van der Waals surface area contributed by atoms with Gasteiger partial charge in [-0.15, -0.1) is 0 Å². The number of ether oxygens (including phenoxy) is 2. The molecular formula is C16H24O2. The molecule has 0 aliphatic carbocycles. The van der Waals surface area contributed by atoms with E-state index in [0.29, 0.717) is 13.2 Å². The van der Waals surface area contributed by atoms with Crippen molar-refractivity contribution >= 4 is 5.57 Å². The first kappa shape index (κ1) is 14.8. The molecule has 0 aliphatic heterocycles. The highest BCUT2D eigenvalue weighted by Gasteiger charge is 1.99. The van der Waals surface area contributed by atoms with Crippen LogP contribution >= 0.6 is 0 Å². The maximum atomic E-state index is 5.57. The van der Waals surface area contributed by atoms with Crippen molar-refractivity contribution in [1.82, 2.24) is 0 Å². The molecule has 0 heterocycles. The van der Waals surface area contributed by atoms with Crippen molar-refractivity contribution in [2.75, 3.05) is 19.8 Å². The second-order valence-electron chi connectivity index (χ2n) is 4.28. The minimum atomic E-state index is 0.601. The van der Waals surface area contributed by atoms with Crippen LogP contribution in [0.2, 0.25) is 0 Å². The Hall–Kier alpha value is -1.28. The highest BCUT2D eigenvalue weighted by atomic mass is 16.5. The number of benzene rings is 1. The van der Waals surface area contributed by atoms with Gasteiger partial charge in [0.2, 0.25) is 0 Å². The highest BCUT2D eigenvalue weighted by Crippen LogP contribution is 2.21. The Morgan fingerprint density at radius 2 is 1.83 bits per heavy atom. The minimum Gasteiger partial charge on any atom is -0.491 e. The lowest BCUT2D eigenvalue weighted by molar-refractivity contribution is 0.110. The third-order valence-electron chi connectivity index (χ3n) is 2.80. The Morgan fingerprint density at radius 1 is 1.11 bits per heavy atom. The second kappa shape index (κ2) is 8.76. The van der Waals surface area contributed by atoms with Crippen molar-refractivity contribution in [3.8, 4) is 5.75 Å². The zero-order valence-electron chi connectivity index (χ0n) is 11.6. The lowest BCUT2D eigenvalue weighted by Gasteiger charge is -2.08. The molecule has 0 fully saturated rings. The summed E-state index contributed by atoms with van der Waals surface area (Å²) < 4.78 is 10.8. The molecule has 1 aromatic rings. The number of hydrogen-bond acceptors (Lipinski definition) is 2. The SMILES string of the molecule is C=C(CCCC)c1ccc(OCCOCC)cc1. The van der Waals surface area contributed by atoms with E-state index in [1.807, 2.05) is 19.1 Å². The zero-order valence-corrected chi connectivity index (χ0v) is 11.6. The summed E-state index contributed by atoms with van der Waals surface area (Å²) in [6, 6.07) is 8.15. The summed E-state index contributed by atoms with van der Waals surface area (Å²) in [5.41, 5.74) is 2.42. The van der Waals surface area contributed by atoms with Gasteiger partial charge in [0.15, 0.2) is 0 Å². The van der Waals surface area contributed by atoms with E-state index in [1.165, 1.54) is 24.0 Å². The average molecular weight is 248 g/mol. The van der Waals surface area contributed by atoms with Crippen LogP contribution in [0.5, 0.6) is 5.75 Å². The van der Waals surface area contributed by atoms with Gasteiger partial charge < -0.3 is 9.47 Å². The van der Waals surface area contributed by atoms with Gasteiger partial charge in [0.05, 0.1) is 6.61 Å². The van der Waals surface area contributed by atoms with Crippen LogP contribution in [0.4, 0.5) is 0 Å². The van der Waals surface area contributed by atoms with E-state index >= 15 is 0 Å². The summed E-state index contributed by atoms with van der Waals surface area (Å²) in [6.45, 7) is 10.3. The van der Waals surface area contributed by atoms with Gasteiger partial charge in [-0.1, -0.05) is 32.1 Å². The van der Waals surface area contributed by atoms with Gasteiger partial charge in [-0.3, -0.25) is 0 Å². The first-order chi connectivity index (χ1) is 8.77. The van der Waals surface area contributed by atoms with Gasteiger partial charge in [0, 0.05) is 6.61 Å². The summed E-state index contributed by atoms with van der Waals surface area (Å²) in [7, 11) is 0. The van der Waals surface area contributed by atoms with Gasteiger partial charge in [-0.05, 0) is 43.0 Å². The molecule has 1 rings (SSSR count). The molecule has 2 nitrogen and oxygen atoms in total. The van der Waals surface area contributed by atoms with Crippen molar-refractivity contribution in [1.29, 1.82) is 0 Å². The van der Waals surface area contributed by atoms with Crippen LogP contribution in [0.3, 0.4) is 0 Å². The van der Waals surface area contributed by atoms with Crippen LogP contribution in [0.1, 0.15) is 38.7 Å². The molecular weight excluding hydrogens is 224 g/mol. The van der Waals surface area contributed by atoms with E-state index in [4.69, 9.17) is 9.47 Å². The third-order valence-corrected chi connectivity index (χ3v) is 2.80. The van der Waals surface area contributed by atoms with Crippen molar-refractivity contribution in [2.24, 2.45) is 0 Å². The normalized spacial score (nSPS) is 10.3. The minimum absolute atomic E-state index is 0.601. The van der Waals surface area contributed by atoms with E-state index in [1.54, 1.807) is 0 Å². The Labute approximate surface area is 111 Å². The van der Waals surface area contributed by atoms with E-state index in [-0.39, 0.29) is 0 Å². The highest BCUT2D eigenvalue weighted by molar-refractivity contribution is 5.63. The monoisotopic (exact) mass is 248 g/mol. The van der Waals surface area contributed by atoms with Gasteiger partial charge in [0.25, 0.3) is 0 Å². The Bertz CT molecular complexity index is 341. The van der Waals surface area contributed by atoms with Crippen molar-refractivity contribution in [3.05, 3.63) is 36.4 Å². The summed E-state index contributed by atoms with van der Waals surface area (Å²) in [5, 5.41) is 0. The third kappa shape index (κ3) is 5.37. The van der Waals surface area contributed by atoms with E-state index in [9.17, 15) is 0 Å². The van der Waals surface area contributed by atoms with Gasteiger partial charge in [0.1, 0.15) is 12.4 Å². The molecule has 0 saturated carbocycles. The van der Waals surface area contributed by atoms with E-state index in [0.717, 1.165) is 18.8 Å². The molecule has 0 spiro atoms. The fourth-order valence-corrected chi connectivity index (χ4v) is 1.68. The molecule has 0 bridgehead atoms. The smallest absolute Gasteiger partial charge is 0.119 e. The van der Waals surface area contributed by atoms with E-state index in [2.05, 4.69) is 25.6 Å². The van der Waals surface area contributed by atoms with Gasteiger partial charge in [-0.25, -0.2) is 0 Å². The summed E-state index contributed by atoms with van der Waals surface area (Å²) in [4.78, 5) is 0. The van der Waals surface area contributed by atoms with Crippen molar-refractivity contribution < 1.29 is 9.47 Å². The van der Waals surface area contributed by atoms with Crippen LogP contribution < -0.4 is 4.74 Å². The molecule has 100 valence electrons. The van der Waals surface area contributed by atoms with Crippen LogP contribution in [-0.2, 0) is 4.74 Å². The molecule has 0 saturated heterocycles. The molecule has 18 heavy (non-hydrogen) atoms. The molecule has 0 atom stereocenters. The molecule has 0 aliphatic rings. The maximum Gasteiger partial charge on any atom is 0.119 e. The average Bonchev–Trinajstić information content (AvgIpc) is 2.41. The molecule has 0 aromatic heterocycles. The fraction of sp³-hybridized carbons (Fsp3) is 0.500. The van der Waals surface area contributed by atoms with Crippen LogP contribution in [-0.4, -0.2) is 19.8 Å². The Balaban J connectivity index is 2.39. The Morgan fingerprint density at radius 3 is 2.44 bits per heavy atom. The molecule has 0 N–H and O–H groups in total. The number of unbranched alkanes of at least 4 members (excludes halogenated alkanes) is 1. The first-order valence-electron chi connectivity index (χ1n) is 6.76.